The highest BCUT2D eigenvalue weighted by Crippen LogP contribution is 2.17. The van der Waals surface area contributed by atoms with Crippen molar-refractivity contribution in [2.45, 2.75) is 13.3 Å². The van der Waals surface area contributed by atoms with Crippen LogP contribution in [0.4, 0.5) is 5.69 Å². The molecule has 0 bridgehead atoms. The van der Waals surface area contributed by atoms with Crippen LogP contribution in [-0.2, 0) is 0 Å². The minimum Gasteiger partial charge on any atom is -0.352 e. The number of amides is 1. The Morgan fingerprint density at radius 1 is 1.33 bits per heavy atom. The maximum atomic E-state index is 11.8. The molecule has 0 atom stereocenters. The van der Waals surface area contributed by atoms with Crippen LogP contribution >= 0.6 is 0 Å². The summed E-state index contributed by atoms with van der Waals surface area (Å²) in [5, 5.41) is 16.6. The lowest BCUT2D eigenvalue weighted by atomic mass is 10.1. The summed E-state index contributed by atoms with van der Waals surface area (Å²) < 4.78 is 0. The van der Waals surface area contributed by atoms with E-state index < -0.39 is 10.8 Å². The van der Waals surface area contributed by atoms with Gasteiger partial charge in [0.15, 0.2) is 0 Å². The van der Waals surface area contributed by atoms with Gasteiger partial charge < -0.3 is 10.6 Å². The quantitative estimate of drug-likeness (QED) is 0.435. The van der Waals surface area contributed by atoms with E-state index in [-0.39, 0.29) is 11.3 Å². The Morgan fingerprint density at radius 3 is 2.72 bits per heavy atom. The van der Waals surface area contributed by atoms with Gasteiger partial charge in [-0.3, -0.25) is 14.9 Å². The molecule has 0 saturated heterocycles. The minimum atomic E-state index is -0.548. The normalized spacial score (nSPS) is 10.1. The summed E-state index contributed by atoms with van der Waals surface area (Å²) >= 11 is 0. The van der Waals surface area contributed by atoms with E-state index in [1.807, 2.05) is 6.92 Å². The fourth-order valence-corrected chi connectivity index (χ4v) is 1.51. The largest absolute Gasteiger partial charge is 0.352 e. The smallest absolute Gasteiger partial charge is 0.282 e. The van der Waals surface area contributed by atoms with E-state index in [2.05, 4.69) is 10.6 Å². The van der Waals surface area contributed by atoms with Crippen molar-refractivity contribution in [1.29, 1.82) is 0 Å². The molecule has 0 heterocycles. The Hall–Kier alpha value is -1.95. The summed E-state index contributed by atoms with van der Waals surface area (Å²) in [5.74, 6) is -0.404. The first-order chi connectivity index (χ1) is 8.66. The van der Waals surface area contributed by atoms with Crippen LogP contribution in [0.15, 0.2) is 24.3 Å². The van der Waals surface area contributed by atoms with Gasteiger partial charge in [0.05, 0.1) is 4.92 Å². The van der Waals surface area contributed by atoms with Crippen molar-refractivity contribution in [2.75, 3.05) is 19.6 Å². The lowest BCUT2D eigenvalue weighted by Crippen LogP contribution is -2.27. The van der Waals surface area contributed by atoms with Gasteiger partial charge >= 0.3 is 0 Å². The van der Waals surface area contributed by atoms with E-state index in [1.54, 1.807) is 12.1 Å². The summed E-state index contributed by atoms with van der Waals surface area (Å²) in [6.07, 6.45) is 0.792. The molecule has 1 aromatic carbocycles. The predicted octanol–water partition coefficient (Wildman–Crippen LogP) is 1.32. The van der Waals surface area contributed by atoms with Crippen LogP contribution in [0.2, 0.25) is 0 Å². The molecular weight excluding hydrogens is 234 g/mol. The zero-order chi connectivity index (χ0) is 13.4. The second kappa shape index (κ2) is 7.39. The van der Waals surface area contributed by atoms with E-state index in [0.717, 1.165) is 19.5 Å². The number of nitro groups is 1. The number of benzene rings is 1. The molecule has 0 aliphatic heterocycles. The second-order valence-electron chi connectivity index (χ2n) is 3.74. The molecule has 6 nitrogen and oxygen atoms in total. The first kappa shape index (κ1) is 14.1. The molecule has 2 N–H and O–H groups in total. The van der Waals surface area contributed by atoms with Crippen molar-refractivity contribution in [3.05, 3.63) is 39.9 Å². The Labute approximate surface area is 106 Å². The van der Waals surface area contributed by atoms with Crippen LogP contribution in [0.3, 0.4) is 0 Å². The average molecular weight is 251 g/mol. The molecular formula is C12H17N3O3. The van der Waals surface area contributed by atoms with Crippen LogP contribution in [-0.4, -0.2) is 30.5 Å². The lowest BCUT2D eigenvalue weighted by Gasteiger charge is -2.05. The first-order valence-corrected chi connectivity index (χ1v) is 5.89. The highest BCUT2D eigenvalue weighted by molar-refractivity contribution is 5.98. The van der Waals surface area contributed by atoms with Gasteiger partial charge in [0.1, 0.15) is 5.56 Å². The zero-order valence-electron chi connectivity index (χ0n) is 10.3. The van der Waals surface area contributed by atoms with Gasteiger partial charge in [-0.15, -0.1) is 0 Å². The number of carbonyl (C=O) groups is 1. The maximum absolute atomic E-state index is 11.8. The average Bonchev–Trinajstić information content (AvgIpc) is 2.38. The summed E-state index contributed by atoms with van der Waals surface area (Å²) in [6, 6.07) is 5.94. The monoisotopic (exact) mass is 251 g/mol. The van der Waals surface area contributed by atoms with E-state index >= 15 is 0 Å². The minimum absolute atomic E-state index is 0.103. The number of nitro benzene ring substituents is 1. The fourth-order valence-electron chi connectivity index (χ4n) is 1.51. The van der Waals surface area contributed by atoms with Crippen molar-refractivity contribution in [1.82, 2.24) is 10.6 Å². The number of nitrogens with zero attached hydrogens (tertiary/aromatic N) is 1. The van der Waals surface area contributed by atoms with Crippen LogP contribution < -0.4 is 10.6 Å². The Bertz CT molecular complexity index is 421. The van der Waals surface area contributed by atoms with Gasteiger partial charge in [-0.2, -0.15) is 0 Å². The second-order valence-corrected chi connectivity index (χ2v) is 3.74. The fraction of sp³-hybridized carbons (Fsp3) is 0.417. The van der Waals surface area contributed by atoms with E-state index in [9.17, 15) is 14.9 Å². The summed E-state index contributed by atoms with van der Waals surface area (Å²) in [7, 11) is 0. The van der Waals surface area contributed by atoms with Crippen LogP contribution in [0.5, 0.6) is 0 Å². The highest BCUT2D eigenvalue weighted by atomic mass is 16.6. The van der Waals surface area contributed by atoms with Crippen molar-refractivity contribution in [3.8, 4) is 0 Å². The van der Waals surface area contributed by atoms with Crippen molar-refractivity contribution >= 4 is 11.6 Å². The molecule has 18 heavy (non-hydrogen) atoms. The number of rotatable bonds is 7. The predicted molar refractivity (Wildman–Crippen MR) is 68.6 cm³/mol. The van der Waals surface area contributed by atoms with E-state index in [4.69, 9.17) is 0 Å². The lowest BCUT2D eigenvalue weighted by molar-refractivity contribution is -0.385. The molecule has 1 amide bonds. The van der Waals surface area contributed by atoms with Crippen LogP contribution in [0.25, 0.3) is 0 Å². The molecule has 0 fully saturated rings. The molecule has 0 aliphatic carbocycles. The van der Waals surface area contributed by atoms with Gasteiger partial charge in [-0.1, -0.05) is 19.1 Å². The first-order valence-electron chi connectivity index (χ1n) is 5.89. The SMILES string of the molecule is CCNCCCNC(=O)c1ccccc1[N+](=O)[O-]. The molecule has 0 radical (unpaired) electrons. The van der Waals surface area contributed by atoms with Crippen molar-refractivity contribution < 1.29 is 9.72 Å². The molecule has 0 aliphatic rings. The molecule has 6 heteroatoms. The van der Waals surface area contributed by atoms with Crippen molar-refractivity contribution in [2.24, 2.45) is 0 Å². The summed E-state index contributed by atoms with van der Waals surface area (Å²) in [5.41, 5.74) is -0.0624. The van der Waals surface area contributed by atoms with Gasteiger partial charge in [0.25, 0.3) is 11.6 Å². The van der Waals surface area contributed by atoms with Crippen LogP contribution in [0.1, 0.15) is 23.7 Å². The van der Waals surface area contributed by atoms with E-state index in [0.29, 0.717) is 6.54 Å². The molecule has 0 unspecified atom stereocenters. The van der Waals surface area contributed by atoms with Gasteiger partial charge in [-0.05, 0) is 25.6 Å². The van der Waals surface area contributed by atoms with Gasteiger partial charge in [0.2, 0.25) is 0 Å². The molecule has 0 saturated carbocycles. The molecule has 0 aromatic heterocycles. The third-order valence-electron chi connectivity index (χ3n) is 2.41. The Kier molecular flexibility index (Phi) is 5.79. The van der Waals surface area contributed by atoms with E-state index in [1.165, 1.54) is 12.1 Å². The van der Waals surface area contributed by atoms with Crippen LogP contribution in [0, 0.1) is 10.1 Å². The molecule has 1 aromatic rings. The van der Waals surface area contributed by atoms with Gasteiger partial charge in [-0.25, -0.2) is 0 Å². The standard InChI is InChI=1S/C12H17N3O3/c1-2-13-8-5-9-14-12(16)10-6-3-4-7-11(10)15(17)18/h3-4,6-7,13H,2,5,8-9H2,1H3,(H,14,16). The topological polar surface area (TPSA) is 84.3 Å². The number of hydrogen-bond acceptors (Lipinski definition) is 4. The number of hydrogen-bond donors (Lipinski definition) is 2. The molecule has 1 rings (SSSR count). The van der Waals surface area contributed by atoms with Gasteiger partial charge in [0, 0.05) is 12.6 Å². The summed E-state index contributed by atoms with van der Waals surface area (Å²) in [6.45, 7) is 4.20. The molecule has 98 valence electrons. The Morgan fingerprint density at radius 2 is 2.06 bits per heavy atom. The zero-order valence-corrected chi connectivity index (χ0v) is 10.3. The van der Waals surface area contributed by atoms with Crippen molar-refractivity contribution in [3.63, 3.8) is 0 Å². The number of para-hydroxylation sites is 1. The highest BCUT2D eigenvalue weighted by Gasteiger charge is 2.18. The summed E-state index contributed by atoms with van der Waals surface area (Å²) in [4.78, 5) is 22.0. The Balaban J connectivity index is 2.54. The molecule has 0 spiro atoms. The number of carbonyl (C=O) groups excluding carboxylic acids is 1. The third kappa shape index (κ3) is 4.14. The maximum Gasteiger partial charge on any atom is 0.282 e. The third-order valence-corrected chi connectivity index (χ3v) is 2.41. The number of nitrogens with one attached hydrogen (secondary N) is 2.